The van der Waals surface area contributed by atoms with Crippen LogP contribution in [0.1, 0.15) is 65.4 Å². The summed E-state index contributed by atoms with van der Waals surface area (Å²) in [6.45, 7) is 17.0. The van der Waals surface area contributed by atoms with Gasteiger partial charge < -0.3 is 0 Å². The fourth-order valence-corrected chi connectivity index (χ4v) is 11.1. The Morgan fingerprint density at radius 1 is 0.667 bits per heavy atom. The molecule has 202 valence electrons. The summed E-state index contributed by atoms with van der Waals surface area (Å²) in [7, 11) is -0.923. The van der Waals surface area contributed by atoms with Crippen molar-refractivity contribution in [2.75, 3.05) is 0 Å². The molecule has 4 rings (SSSR count). The summed E-state index contributed by atoms with van der Waals surface area (Å²) in [5.41, 5.74) is 4.42. The maximum Gasteiger partial charge on any atom is 0.0840 e. The highest BCUT2D eigenvalue weighted by Crippen LogP contribution is 2.61. The number of benzene rings is 3. The molecule has 0 N–H and O–H groups in total. The molecule has 0 aliphatic heterocycles. The second kappa shape index (κ2) is 12.7. The fraction of sp³-hybridized carbons (Fsp3) is 0.314. The Balaban J connectivity index is 1.63. The molecule has 1 aromatic heterocycles. The maximum absolute atomic E-state index is 5.09. The van der Waals surface area contributed by atoms with E-state index < -0.39 is 7.92 Å². The lowest BCUT2D eigenvalue weighted by Crippen LogP contribution is -2.26. The SMILES string of the molecule is CC(=NCc1ccccc1P(c1ccccc1)c1ccccc1)c1cccc(CP(C(C)(C)C)C(C)(C)C)n1. The van der Waals surface area contributed by atoms with E-state index in [2.05, 4.69) is 152 Å². The van der Waals surface area contributed by atoms with Gasteiger partial charge in [-0.25, -0.2) is 0 Å². The number of pyridine rings is 1. The van der Waals surface area contributed by atoms with Crippen LogP contribution >= 0.6 is 15.8 Å². The Hall–Kier alpha value is -2.66. The van der Waals surface area contributed by atoms with E-state index in [1.54, 1.807) is 0 Å². The van der Waals surface area contributed by atoms with E-state index in [1.807, 2.05) is 0 Å². The summed E-state index contributed by atoms with van der Waals surface area (Å²) in [4.78, 5) is 10.2. The van der Waals surface area contributed by atoms with Crippen molar-refractivity contribution in [1.29, 1.82) is 0 Å². The number of hydrogen-bond acceptors (Lipinski definition) is 2. The average molecular weight is 553 g/mol. The normalized spacial score (nSPS) is 12.8. The van der Waals surface area contributed by atoms with Crippen LogP contribution in [0.3, 0.4) is 0 Å². The quantitative estimate of drug-likeness (QED) is 0.159. The van der Waals surface area contributed by atoms with Gasteiger partial charge in [-0.15, -0.1) is 0 Å². The highest BCUT2D eigenvalue weighted by Gasteiger charge is 2.34. The Kier molecular flexibility index (Phi) is 9.53. The molecule has 0 fully saturated rings. The largest absolute Gasteiger partial charge is 0.283 e. The van der Waals surface area contributed by atoms with Gasteiger partial charge in [-0.3, -0.25) is 9.98 Å². The molecule has 0 amide bonds. The average Bonchev–Trinajstić information content (AvgIpc) is 2.91. The second-order valence-corrected chi connectivity index (χ2v) is 18.0. The predicted molar refractivity (Wildman–Crippen MR) is 175 cm³/mol. The summed E-state index contributed by atoms with van der Waals surface area (Å²) in [6.07, 6.45) is 1.03. The summed E-state index contributed by atoms with van der Waals surface area (Å²) in [5, 5.41) is 4.62. The lowest BCUT2D eigenvalue weighted by atomic mass is 10.2. The van der Waals surface area contributed by atoms with Crippen LogP contribution in [0.4, 0.5) is 0 Å². The zero-order valence-electron chi connectivity index (χ0n) is 24.5. The van der Waals surface area contributed by atoms with Gasteiger partial charge in [0.2, 0.25) is 0 Å². The van der Waals surface area contributed by atoms with Crippen LogP contribution in [0.2, 0.25) is 0 Å². The van der Waals surface area contributed by atoms with E-state index in [-0.39, 0.29) is 18.2 Å². The fourth-order valence-electron chi connectivity index (χ4n) is 5.14. The molecule has 39 heavy (non-hydrogen) atoms. The smallest absolute Gasteiger partial charge is 0.0840 e. The van der Waals surface area contributed by atoms with Crippen molar-refractivity contribution in [3.63, 3.8) is 0 Å². The lowest BCUT2D eigenvalue weighted by Gasteiger charge is -2.41. The van der Waals surface area contributed by atoms with Crippen LogP contribution in [0.15, 0.2) is 108 Å². The van der Waals surface area contributed by atoms with Crippen molar-refractivity contribution in [2.24, 2.45) is 4.99 Å². The Morgan fingerprint density at radius 3 is 1.77 bits per heavy atom. The number of aliphatic imine (C=N–C) groups is 1. The van der Waals surface area contributed by atoms with Crippen molar-refractivity contribution >= 4 is 37.5 Å². The van der Waals surface area contributed by atoms with E-state index in [0.717, 1.165) is 17.6 Å². The van der Waals surface area contributed by atoms with Crippen molar-refractivity contribution in [3.05, 3.63) is 120 Å². The first-order valence-electron chi connectivity index (χ1n) is 13.8. The summed E-state index contributed by atoms with van der Waals surface area (Å²) in [5.74, 6) is 0. The van der Waals surface area contributed by atoms with Gasteiger partial charge in [0.1, 0.15) is 0 Å². The highest BCUT2D eigenvalue weighted by atomic mass is 31.1. The summed E-state index contributed by atoms with van der Waals surface area (Å²) in [6, 6.07) is 37.0. The number of nitrogens with zero attached hydrogens (tertiary/aromatic N) is 2. The van der Waals surface area contributed by atoms with E-state index in [9.17, 15) is 0 Å². The third kappa shape index (κ3) is 7.72. The third-order valence-electron chi connectivity index (χ3n) is 6.86. The third-order valence-corrected chi connectivity index (χ3v) is 13.3. The van der Waals surface area contributed by atoms with Crippen LogP contribution in [0.5, 0.6) is 0 Å². The number of aromatic nitrogens is 1. The lowest BCUT2D eigenvalue weighted by molar-refractivity contribution is 0.701. The molecule has 3 aromatic carbocycles. The molecular weight excluding hydrogens is 510 g/mol. The molecule has 0 aliphatic carbocycles. The Labute approximate surface area is 238 Å². The second-order valence-electron chi connectivity index (χ2n) is 12.0. The summed E-state index contributed by atoms with van der Waals surface area (Å²) < 4.78 is 0. The molecule has 0 atom stereocenters. The first-order chi connectivity index (χ1) is 18.5. The molecule has 1 heterocycles. The Bertz CT molecular complexity index is 1330. The summed E-state index contributed by atoms with van der Waals surface area (Å²) >= 11 is 0. The number of hydrogen-bond donors (Lipinski definition) is 0. The van der Waals surface area contributed by atoms with Crippen LogP contribution in [-0.4, -0.2) is 21.0 Å². The predicted octanol–water partition coefficient (Wildman–Crippen LogP) is 8.43. The molecular formula is C35H42N2P2. The van der Waals surface area contributed by atoms with Crippen LogP contribution in [0, 0.1) is 0 Å². The van der Waals surface area contributed by atoms with E-state index >= 15 is 0 Å². The van der Waals surface area contributed by atoms with Gasteiger partial charge in [-0.1, -0.05) is 140 Å². The van der Waals surface area contributed by atoms with Crippen LogP contribution < -0.4 is 15.9 Å². The number of rotatable bonds is 8. The van der Waals surface area contributed by atoms with E-state index in [0.29, 0.717) is 6.54 Å². The molecule has 4 heteroatoms. The van der Waals surface area contributed by atoms with E-state index in [1.165, 1.54) is 27.2 Å². The van der Waals surface area contributed by atoms with Crippen LogP contribution in [0.25, 0.3) is 0 Å². The van der Waals surface area contributed by atoms with E-state index in [4.69, 9.17) is 9.98 Å². The molecule has 0 radical (unpaired) electrons. The molecule has 0 spiro atoms. The van der Waals surface area contributed by atoms with Crippen molar-refractivity contribution in [1.82, 2.24) is 4.98 Å². The maximum atomic E-state index is 5.09. The topological polar surface area (TPSA) is 25.2 Å². The van der Waals surface area contributed by atoms with Gasteiger partial charge in [0, 0.05) is 11.9 Å². The van der Waals surface area contributed by atoms with Crippen molar-refractivity contribution < 1.29 is 0 Å². The highest BCUT2D eigenvalue weighted by molar-refractivity contribution is 7.79. The zero-order valence-corrected chi connectivity index (χ0v) is 26.3. The minimum absolute atomic E-state index is 0.251. The molecule has 2 nitrogen and oxygen atoms in total. The molecule has 0 saturated carbocycles. The van der Waals surface area contributed by atoms with Gasteiger partial charge in [0.05, 0.1) is 18.0 Å². The molecule has 0 bridgehead atoms. The standard InChI is InChI=1S/C35H42N2P2/c1-27(32-23-16-18-29(37-32)26-38(34(2,3)4)35(5,6)7)36-25-28-17-14-15-24-33(28)39(30-19-10-8-11-20-30)31-21-12-9-13-22-31/h8-24H,25-26H2,1-7H3. The minimum atomic E-state index is -0.672. The van der Waals surface area contributed by atoms with Gasteiger partial charge in [-0.05, 0) is 58.8 Å². The van der Waals surface area contributed by atoms with Gasteiger partial charge in [0.25, 0.3) is 0 Å². The zero-order chi connectivity index (χ0) is 28.0. The van der Waals surface area contributed by atoms with Crippen molar-refractivity contribution in [3.8, 4) is 0 Å². The first-order valence-corrected chi connectivity index (χ1v) is 16.6. The monoisotopic (exact) mass is 552 g/mol. The van der Waals surface area contributed by atoms with Gasteiger partial charge in [0.15, 0.2) is 0 Å². The Morgan fingerprint density at radius 2 is 1.21 bits per heavy atom. The molecule has 4 aromatic rings. The minimum Gasteiger partial charge on any atom is -0.283 e. The van der Waals surface area contributed by atoms with Gasteiger partial charge in [-0.2, -0.15) is 0 Å². The molecule has 0 saturated heterocycles. The molecule has 0 unspecified atom stereocenters. The van der Waals surface area contributed by atoms with Crippen molar-refractivity contribution in [2.45, 2.75) is 71.5 Å². The first kappa shape index (κ1) is 29.3. The molecule has 0 aliphatic rings. The van der Waals surface area contributed by atoms with Crippen LogP contribution in [-0.2, 0) is 12.7 Å². The van der Waals surface area contributed by atoms with Gasteiger partial charge >= 0.3 is 0 Å².